The van der Waals surface area contributed by atoms with Gasteiger partial charge in [0, 0.05) is 21.3 Å². The van der Waals surface area contributed by atoms with Gasteiger partial charge in [-0.1, -0.05) is 0 Å². The fraction of sp³-hybridized carbons (Fsp3) is 0.100. The zero-order valence-corrected chi connectivity index (χ0v) is 12.1. The molecule has 2 aromatic rings. The Morgan fingerprint density at radius 2 is 2.22 bits per heavy atom. The van der Waals surface area contributed by atoms with E-state index in [0.29, 0.717) is 6.29 Å². The third-order valence-electron chi connectivity index (χ3n) is 2.04. The Labute approximate surface area is 116 Å². The molecule has 2 rings (SSSR count). The minimum absolute atomic E-state index is 0.0192. The first-order valence-corrected chi connectivity index (χ1v) is 7.94. The van der Waals surface area contributed by atoms with Gasteiger partial charge in [0.15, 0.2) is 12.0 Å². The minimum Gasteiger partial charge on any atom is -0.440 e. The molecule has 0 aliphatic heterocycles. The molecular weight excluding hydrogens is 342 g/mol. The third kappa shape index (κ3) is 3.08. The first kappa shape index (κ1) is 13.5. The van der Waals surface area contributed by atoms with E-state index in [1.807, 2.05) is 11.4 Å². The lowest BCUT2D eigenvalue weighted by Gasteiger charge is -2.01. The van der Waals surface area contributed by atoms with Crippen molar-refractivity contribution in [2.45, 2.75) is 11.6 Å². The molecule has 1 N–H and O–H groups in total. The summed E-state index contributed by atoms with van der Waals surface area (Å²) >= 11 is 4.72. The number of carbonyl (C=O) groups is 1. The van der Waals surface area contributed by atoms with E-state index in [1.165, 1.54) is 23.5 Å². The lowest BCUT2D eigenvalue weighted by atomic mass is 10.5. The van der Waals surface area contributed by atoms with E-state index in [1.54, 1.807) is 0 Å². The standard InChI is InChI=1S/C10H8BrNO4S2/c11-7-3-9(17-6-7)4-12-18(14,15)10-2-1-8(5-13)16-10/h1-3,5-6,12H,4H2. The molecule has 0 fully saturated rings. The lowest BCUT2D eigenvalue weighted by molar-refractivity contribution is 0.109. The highest BCUT2D eigenvalue weighted by Crippen LogP contribution is 2.20. The highest BCUT2D eigenvalue weighted by atomic mass is 79.9. The molecule has 0 radical (unpaired) electrons. The maximum atomic E-state index is 11.8. The Hall–Kier alpha value is -0.960. The second-order valence-corrected chi connectivity index (χ2v) is 6.94. The van der Waals surface area contributed by atoms with Gasteiger partial charge in [0.1, 0.15) is 0 Å². The molecule has 0 saturated carbocycles. The zero-order chi connectivity index (χ0) is 13.2. The minimum atomic E-state index is -3.72. The fourth-order valence-corrected chi connectivity index (χ4v) is 3.65. The van der Waals surface area contributed by atoms with Crippen LogP contribution in [0, 0.1) is 0 Å². The summed E-state index contributed by atoms with van der Waals surface area (Å²) < 4.78 is 31.8. The Balaban J connectivity index is 2.09. The zero-order valence-electron chi connectivity index (χ0n) is 8.92. The van der Waals surface area contributed by atoms with Crippen LogP contribution >= 0.6 is 27.3 Å². The van der Waals surface area contributed by atoms with E-state index in [2.05, 4.69) is 20.7 Å². The van der Waals surface area contributed by atoms with E-state index in [0.717, 1.165) is 9.35 Å². The van der Waals surface area contributed by atoms with Gasteiger partial charge in [-0.3, -0.25) is 4.79 Å². The second kappa shape index (κ2) is 5.35. The molecule has 96 valence electrons. The summed E-state index contributed by atoms with van der Waals surface area (Å²) in [6.45, 7) is 0.176. The topological polar surface area (TPSA) is 76.4 Å². The van der Waals surface area contributed by atoms with Crippen molar-refractivity contribution in [3.8, 4) is 0 Å². The molecule has 0 aliphatic carbocycles. The summed E-state index contributed by atoms with van der Waals surface area (Å²) in [5.41, 5.74) is 0. The molecular formula is C10H8BrNO4S2. The summed E-state index contributed by atoms with van der Waals surface area (Å²) in [6, 6.07) is 4.38. The number of rotatable bonds is 5. The van der Waals surface area contributed by atoms with E-state index < -0.39 is 10.0 Å². The number of aldehydes is 1. The van der Waals surface area contributed by atoms with Crippen molar-refractivity contribution < 1.29 is 17.6 Å². The van der Waals surface area contributed by atoms with Crippen LogP contribution in [-0.4, -0.2) is 14.7 Å². The molecule has 0 bridgehead atoms. The normalized spacial score (nSPS) is 11.6. The smallest absolute Gasteiger partial charge is 0.274 e. The fourth-order valence-electron chi connectivity index (χ4n) is 1.23. The number of halogens is 1. The maximum absolute atomic E-state index is 11.8. The average molecular weight is 350 g/mol. The summed E-state index contributed by atoms with van der Waals surface area (Å²) in [4.78, 5) is 11.3. The number of hydrogen-bond acceptors (Lipinski definition) is 5. The summed E-state index contributed by atoms with van der Waals surface area (Å²) in [6.07, 6.45) is 0.454. The maximum Gasteiger partial charge on any atom is 0.274 e. The van der Waals surface area contributed by atoms with Crippen LogP contribution in [0.25, 0.3) is 0 Å². The monoisotopic (exact) mass is 349 g/mol. The molecule has 0 spiro atoms. The first-order chi connectivity index (χ1) is 8.51. The van der Waals surface area contributed by atoms with Crippen LogP contribution in [0.2, 0.25) is 0 Å². The van der Waals surface area contributed by atoms with Crippen LogP contribution in [0.4, 0.5) is 0 Å². The Bertz CT molecular complexity index is 659. The van der Waals surface area contributed by atoms with Crippen LogP contribution in [-0.2, 0) is 16.6 Å². The highest BCUT2D eigenvalue weighted by Gasteiger charge is 2.18. The van der Waals surface area contributed by atoms with Crippen molar-refractivity contribution in [3.05, 3.63) is 38.7 Å². The summed E-state index contributed by atoms with van der Waals surface area (Å²) in [5.74, 6) is -0.0192. The van der Waals surface area contributed by atoms with Crippen molar-refractivity contribution in [3.63, 3.8) is 0 Å². The van der Waals surface area contributed by atoms with Crippen molar-refractivity contribution in [2.24, 2.45) is 0 Å². The van der Waals surface area contributed by atoms with Gasteiger partial charge in [-0.05, 0) is 34.1 Å². The van der Waals surface area contributed by atoms with Crippen LogP contribution in [0.3, 0.4) is 0 Å². The van der Waals surface area contributed by atoms with Gasteiger partial charge in [0.2, 0.25) is 5.09 Å². The quantitative estimate of drug-likeness (QED) is 0.840. The SMILES string of the molecule is O=Cc1ccc(S(=O)(=O)NCc2cc(Br)cs2)o1. The van der Waals surface area contributed by atoms with Crippen LogP contribution < -0.4 is 4.72 Å². The Morgan fingerprint density at radius 1 is 1.44 bits per heavy atom. The Morgan fingerprint density at radius 3 is 2.78 bits per heavy atom. The predicted molar refractivity (Wildman–Crippen MR) is 70.1 cm³/mol. The largest absolute Gasteiger partial charge is 0.440 e. The van der Waals surface area contributed by atoms with Crippen molar-refractivity contribution in [1.29, 1.82) is 0 Å². The predicted octanol–water partition coefficient (Wildman–Crippen LogP) is 2.39. The van der Waals surface area contributed by atoms with Gasteiger partial charge in [0.05, 0.1) is 0 Å². The first-order valence-electron chi connectivity index (χ1n) is 4.79. The van der Waals surface area contributed by atoms with Crippen LogP contribution in [0.1, 0.15) is 15.4 Å². The average Bonchev–Trinajstić information content (AvgIpc) is 2.95. The number of furan rings is 1. The van der Waals surface area contributed by atoms with Crippen LogP contribution in [0.15, 0.2) is 37.6 Å². The van der Waals surface area contributed by atoms with Crippen LogP contribution in [0.5, 0.6) is 0 Å². The van der Waals surface area contributed by atoms with Crippen molar-refractivity contribution >= 4 is 43.6 Å². The Kier molecular flexibility index (Phi) is 4.00. The highest BCUT2D eigenvalue weighted by molar-refractivity contribution is 9.10. The van der Waals surface area contributed by atoms with Gasteiger partial charge < -0.3 is 4.42 Å². The molecule has 8 heteroatoms. The van der Waals surface area contributed by atoms with E-state index in [-0.39, 0.29) is 17.4 Å². The molecule has 0 unspecified atom stereocenters. The van der Waals surface area contributed by atoms with Gasteiger partial charge >= 0.3 is 0 Å². The number of thiophene rings is 1. The molecule has 0 aliphatic rings. The third-order valence-corrected chi connectivity index (χ3v) is 5.01. The van der Waals surface area contributed by atoms with Gasteiger partial charge in [-0.15, -0.1) is 11.3 Å². The summed E-state index contributed by atoms with van der Waals surface area (Å²) in [7, 11) is -3.72. The number of carbonyl (C=O) groups excluding carboxylic acids is 1. The molecule has 18 heavy (non-hydrogen) atoms. The number of sulfonamides is 1. The molecule has 0 aromatic carbocycles. The molecule has 0 amide bonds. The number of nitrogens with one attached hydrogen (secondary N) is 1. The second-order valence-electron chi connectivity index (χ2n) is 3.33. The van der Waals surface area contributed by atoms with E-state index >= 15 is 0 Å². The summed E-state index contributed by atoms with van der Waals surface area (Å²) in [5, 5.41) is 1.60. The lowest BCUT2D eigenvalue weighted by Crippen LogP contribution is -2.22. The van der Waals surface area contributed by atoms with Crippen molar-refractivity contribution in [2.75, 3.05) is 0 Å². The van der Waals surface area contributed by atoms with Crippen molar-refractivity contribution in [1.82, 2.24) is 4.72 Å². The molecule has 0 atom stereocenters. The molecule has 5 nitrogen and oxygen atoms in total. The number of hydrogen-bond donors (Lipinski definition) is 1. The molecule has 0 saturated heterocycles. The van der Waals surface area contributed by atoms with E-state index in [9.17, 15) is 13.2 Å². The van der Waals surface area contributed by atoms with E-state index in [4.69, 9.17) is 4.42 Å². The van der Waals surface area contributed by atoms with Gasteiger partial charge in [-0.2, -0.15) is 0 Å². The molecule has 2 aromatic heterocycles. The van der Waals surface area contributed by atoms with Gasteiger partial charge in [0.25, 0.3) is 10.0 Å². The van der Waals surface area contributed by atoms with Gasteiger partial charge in [-0.25, -0.2) is 13.1 Å². The molecule has 2 heterocycles.